The van der Waals surface area contributed by atoms with Gasteiger partial charge < -0.3 is 19.2 Å². The lowest BCUT2D eigenvalue weighted by atomic mass is 9.99. The summed E-state index contributed by atoms with van der Waals surface area (Å²) in [6.45, 7) is 2.50. The first-order valence-electron chi connectivity index (χ1n) is 9.04. The van der Waals surface area contributed by atoms with E-state index in [1.165, 1.54) is 11.2 Å². The highest BCUT2D eigenvalue weighted by Gasteiger charge is 2.47. The second-order valence-corrected chi connectivity index (χ2v) is 6.44. The Balaban J connectivity index is 2.04. The molecule has 2 aromatic rings. The molecule has 1 aliphatic rings. The van der Waals surface area contributed by atoms with Gasteiger partial charge in [-0.3, -0.25) is 9.59 Å². The number of likely N-dealkylation sites (tertiary alicyclic amines) is 1. The first kappa shape index (κ1) is 18.8. The Kier molecular flexibility index (Phi) is 5.64. The Morgan fingerprint density at radius 2 is 1.93 bits per heavy atom. The number of carbonyl (C=O) groups is 2. The molecule has 1 N–H and O–H groups in total. The highest BCUT2D eigenvalue weighted by molar-refractivity contribution is 6.46. The smallest absolute Gasteiger partial charge is 0.295 e. The van der Waals surface area contributed by atoms with Gasteiger partial charge in [-0.25, -0.2) is 0 Å². The lowest BCUT2D eigenvalue weighted by Crippen LogP contribution is -2.30. The number of aliphatic hydroxyl groups excluding tert-OH is 1. The third-order valence-electron chi connectivity index (χ3n) is 4.72. The highest BCUT2D eigenvalue weighted by atomic mass is 16.5. The summed E-state index contributed by atoms with van der Waals surface area (Å²) in [5.74, 6) is -0.422. The van der Waals surface area contributed by atoms with Crippen LogP contribution in [-0.2, 0) is 9.59 Å². The van der Waals surface area contributed by atoms with E-state index in [0.717, 1.165) is 19.3 Å². The number of hydrogen-bond acceptors (Lipinski definition) is 5. The molecule has 27 heavy (non-hydrogen) atoms. The van der Waals surface area contributed by atoms with Crippen LogP contribution in [0.15, 0.2) is 52.7 Å². The third-order valence-corrected chi connectivity index (χ3v) is 4.72. The zero-order valence-electron chi connectivity index (χ0n) is 15.5. The van der Waals surface area contributed by atoms with Gasteiger partial charge in [-0.2, -0.15) is 0 Å². The highest BCUT2D eigenvalue weighted by Crippen LogP contribution is 2.39. The molecule has 1 atom stereocenters. The Labute approximate surface area is 158 Å². The van der Waals surface area contributed by atoms with Crippen molar-refractivity contribution in [1.29, 1.82) is 0 Å². The van der Waals surface area contributed by atoms with E-state index in [-0.39, 0.29) is 11.3 Å². The van der Waals surface area contributed by atoms with Crippen molar-refractivity contribution >= 4 is 17.4 Å². The summed E-state index contributed by atoms with van der Waals surface area (Å²) in [6.07, 6.45) is 4.23. The van der Waals surface area contributed by atoms with E-state index < -0.39 is 17.7 Å². The molecule has 1 aromatic heterocycles. The number of benzene rings is 1. The maximum atomic E-state index is 12.7. The fourth-order valence-electron chi connectivity index (χ4n) is 3.29. The van der Waals surface area contributed by atoms with E-state index in [9.17, 15) is 14.7 Å². The SMILES string of the molecule is CCCCCN1C(=O)C(=O)/C(=C(\O)c2ccc(OC)cc2)C1c1ccco1. The minimum absolute atomic E-state index is 0.0524. The normalized spacial score (nSPS) is 18.9. The number of ether oxygens (including phenoxy) is 1. The number of nitrogens with zero attached hydrogens (tertiary/aromatic N) is 1. The number of Topliss-reactive ketones (excluding diaryl/α,β-unsaturated/α-hetero) is 1. The zero-order chi connectivity index (χ0) is 19.4. The number of rotatable bonds is 7. The quantitative estimate of drug-likeness (QED) is 0.346. The molecule has 1 unspecified atom stereocenters. The summed E-state index contributed by atoms with van der Waals surface area (Å²) >= 11 is 0. The largest absolute Gasteiger partial charge is 0.507 e. The standard InChI is InChI=1S/C21H23NO5/c1-3-4-5-12-22-18(16-7-6-13-27-16)17(20(24)21(22)25)19(23)14-8-10-15(26-2)11-9-14/h6-11,13,18,23H,3-5,12H2,1-2H3/b19-17-. The second kappa shape index (κ2) is 8.12. The van der Waals surface area contributed by atoms with Crippen LogP contribution in [-0.4, -0.2) is 35.4 Å². The number of furan rings is 1. The van der Waals surface area contributed by atoms with Gasteiger partial charge in [0.15, 0.2) is 0 Å². The number of unbranched alkanes of at least 4 members (excludes halogenated alkanes) is 2. The predicted molar refractivity (Wildman–Crippen MR) is 100 cm³/mol. The fraction of sp³-hybridized carbons (Fsp3) is 0.333. The predicted octanol–water partition coefficient (Wildman–Crippen LogP) is 3.90. The van der Waals surface area contributed by atoms with Gasteiger partial charge in [-0.05, 0) is 42.8 Å². The summed E-state index contributed by atoms with van der Waals surface area (Å²) in [7, 11) is 1.55. The Morgan fingerprint density at radius 3 is 2.52 bits per heavy atom. The Morgan fingerprint density at radius 1 is 1.19 bits per heavy atom. The summed E-state index contributed by atoms with van der Waals surface area (Å²) in [5, 5.41) is 10.8. The van der Waals surface area contributed by atoms with Gasteiger partial charge >= 0.3 is 0 Å². The van der Waals surface area contributed by atoms with E-state index in [4.69, 9.17) is 9.15 Å². The van der Waals surface area contributed by atoms with E-state index in [0.29, 0.717) is 23.6 Å². The monoisotopic (exact) mass is 369 g/mol. The molecule has 142 valence electrons. The van der Waals surface area contributed by atoms with Crippen LogP contribution in [0.2, 0.25) is 0 Å². The molecule has 0 bridgehead atoms. The van der Waals surface area contributed by atoms with E-state index in [1.54, 1.807) is 43.5 Å². The first-order valence-corrected chi connectivity index (χ1v) is 9.04. The lowest BCUT2D eigenvalue weighted by molar-refractivity contribution is -0.140. The van der Waals surface area contributed by atoms with Crippen LogP contribution in [0, 0.1) is 0 Å². The molecular formula is C21H23NO5. The van der Waals surface area contributed by atoms with Gasteiger partial charge in [-0.1, -0.05) is 19.8 Å². The fourth-order valence-corrected chi connectivity index (χ4v) is 3.29. The number of hydrogen-bond donors (Lipinski definition) is 1. The maximum absolute atomic E-state index is 12.7. The van der Waals surface area contributed by atoms with Crippen LogP contribution in [0.4, 0.5) is 0 Å². The number of ketones is 1. The van der Waals surface area contributed by atoms with Crippen LogP contribution >= 0.6 is 0 Å². The van der Waals surface area contributed by atoms with Crippen molar-refractivity contribution in [3.05, 3.63) is 59.6 Å². The zero-order valence-corrected chi connectivity index (χ0v) is 15.5. The summed E-state index contributed by atoms with van der Waals surface area (Å²) in [4.78, 5) is 26.8. The minimum atomic E-state index is -0.723. The molecule has 1 saturated heterocycles. The molecule has 0 radical (unpaired) electrons. The third kappa shape index (κ3) is 3.60. The van der Waals surface area contributed by atoms with Gasteiger partial charge in [0.05, 0.1) is 18.9 Å². The molecule has 2 heterocycles. The maximum Gasteiger partial charge on any atom is 0.295 e. The number of carbonyl (C=O) groups excluding carboxylic acids is 2. The van der Waals surface area contributed by atoms with Gasteiger partial charge in [0.2, 0.25) is 0 Å². The van der Waals surface area contributed by atoms with Crippen molar-refractivity contribution < 1.29 is 23.8 Å². The summed E-state index contributed by atoms with van der Waals surface area (Å²) in [5.41, 5.74) is 0.496. The first-order chi connectivity index (χ1) is 13.1. The van der Waals surface area contributed by atoms with Crippen molar-refractivity contribution in [2.75, 3.05) is 13.7 Å². The van der Waals surface area contributed by atoms with Crippen LogP contribution in [0.3, 0.4) is 0 Å². The minimum Gasteiger partial charge on any atom is -0.507 e. The molecule has 0 spiro atoms. The molecular weight excluding hydrogens is 346 g/mol. The van der Waals surface area contributed by atoms with Gasteiger partial charge in [0.1, 0.15) is 23.3 Å². The summed E-state index contributed by atoms with van der Waals surface area (Å²) < 4.78 is 10.6. The van der Waals surface area contributed by atoms with Crippen molar-refractivity contribution in [2.24, 2.45) is 0 Å². The van der Waals surface area contributed by atoms with E-state index in [1.807, 2.05) is 0 Å². The molecule has 6 heteroatoms. The molecule has 6 nitrogen and oxygen atoms in total. The van der Waals surface area contributed by atoms with Crippen LogP contribution in [0.1, 0.15) is 43.6 Å². The number of aliphatic hydroxyl groups is 1. The van der Waals surface area contributed by atoms with Gasteiger partial charge in [-0.15, -0.1) is 0 Å². The number of amides is 1. The van der Waals surface area contributed by atoms with Crippen LogP contribution < -0.4 is 4.74 Å². The van der Waals surface area contributed by atoms with Crippen molar-refractivity contribution in [2.45, 2.75) is 32.2 Å². The van der Waals surface area contributed by atoms with E-state index >= 15 is 0 Å². The van der Waals surface area contributed by atoms with Gasteiger partial charge in [0, 0.05) is 12.1 Å². The van der Waals surface area contributed by atoms with Gasteiger partial charge in [0.25, 0.3) is 11.7 Å². The molecule has 0 aliphatic carbocycles. The average molecular weight is 369 g/mol. The van der Waals surface area contributed by atoms with Crippen LogP contribution in [0.25, 0.3) is 5.76 Å². The number of methoxy groups -OCH3 is 1. The molecule has 1 fully saturated rings. The van der Waals surface area contributed by atoms with Crippen LogP contribution in [0.5, 0.6) is 5.75 Å². The van der Waals surface area contributed by atoms with E-state index in [2.05, 4.69) is 6.92 Å². The molecule has 1 aromatic carbocycles. The molecule has 1 amide bonds. The van der Waals surface area contributed by atoms with Crippen molar-refractivity contribution in [3.63, 3.8) is 0 Å². The molecule has 3 rings (SSSR count). The Bertz CT molecular complexity index is 836. The molecule has 0 saturated carbocycles. The molecule has 1 aliphatic heterocycles. The average Bonchev–Trinajstić information content (AvgIpc) is 3.30. The second-order valence-electron chi connectivity index (χ2n) is 6.44. The topological polar surface area (TPSA) is 80.0 Å². The lowest BCUT2D eigenvalue weighted by Gasteiger charge is -2.23. The summed E-state index contributed by atoms with van der Waals surface area (Å²) in [6, 6.07) is 9.37. The van der Waals surface area contributed by atoms with Crippen molar-refractivity contribution in [3.8, 4) is 5.75 Å². The Hall–Kier alpha value is -3.02. The van der Waals surface area contributed by atoms with Crippen molar-refractivity contribution in [1.82, 2.24) is 4.90 Å².